The van der Waals surface area contributed by atoms with E-state index < -0.39 is 0 Å². The van der Waals surface area contributed by atoms with Gasteiger partial charge in [-0.2, -0.15) is 4.98 Å². The lowest BCUT2D eigenvalue weighted by Crippen LogP contribution is -2.34. The number of rotatable bonds is 2. The predicted octanol–water partition coefficient (Wildman–Crippen LogP) is 2.03. The molecule has 1 aliphatic rings. The number of nitrogens with one attached hydrogen (secondary N) is 1. The fourth-order valence-electron chi connectivity index (χ4n) is 2.63. The zero-order valence-electron chi connectivity index (χ0n) is 11.2. The second-order valence-corrected chi connectivity index (χ2v) is 5.02. The molecular weight excluding hydrogens is 270 g/mol. The third kappa shape index (κ3) is 2.04. The van der Waals surface area contributed by atoms with Crippen LogP contribution in [0.25, 0.3) is 22.1 Å². The smallest absolute Gasteiger partial charge is 0.329 e. The Morgan fingerprint density at radius 1 is 1.33 bits per heavy atom. The molecule has 0 bridgehead atoms. The third-order valence-electron chi connectivity index (χ3n) is 3.67. The number of aromatic nitrogens is 2. The molecule has 0 aliphatic carbocycles. The van der Waals surface area contributed by atoms with Gasteiger partial charge < -0.3 is 14.5 Å². The lowest BCUT2D eigenvalue weighted by molar-refractivity contribution is -0.136. The first kappa shape index (κ1) is 12.3. The molecular formula is C15H13N3O3. The van der Waals surface area contributed by atoms with E-state index in [9.17, 15) is 4.79 Å². The molecule has 1 saturated heterocycles. The first-order valence-electron chi connectivity index (χ1n) is 6.90. The number of furan rings is 1. The number of benzene rings is 1. The highest BCUT2D eigenvalue weighted by Crippen LogP contribution is 2.31. The molecule has 0 amide bonds. The van der Waals surface area contributed by atoms with Crippen molar-refractivity contribution in [2.45, 2.75) is 18.9 Å². The SMILES string of the molecule is O=C(Oc1ncnc2c1oc1ccccc12)[C@@H]1CCCN1. The van der Waals surface area contributed by atoms with E-state index in [1.165, 1.54) is 6.33 Å². The van der Waals surface area contributed by atoms with Gasteiger partial charge in [0.25, 0.3) is 5.88 Å². The second kappa shape index (κ2) is 4.82. The highest BCUT2D eigenvalue weighted by Gasteiger charge is 2.26. The molecule has 106 valence electrons. The molecule has 3 heterocycles. The van der Waals surface area contributed by atoms with Gasteiger partial charge in [0, 0.05) is 5.39 Å². The summed E-state index contributed by atoms with van der Waals surface area (Å²) < 4.78 is 11.1. The van der Waals surface area contributed by atoms with Crippen LogP contribution in [-0.4, -0.2) is 28.5 Å². The zero-order chi connectivity index (χ0) is 14.2. The van der Waals surface area contributed by atoms with Crippen molar-refractivity contribution in [3.05, 3.63) is 30.6 Å². The van der Waals surface area contributed by atoms with Crippen molar-refractivity contribution in [3.63, 3.8) is 0 Å². The summed E-state index contributed by atoms with van der Waals surface area (Å²) in [5, 5.41) is 3.98. The van der Waals surface area contributed by atoms with Crippen molar-refractivity contribution in [2.75, 3.05) is 6.54 Å². The summed E-state index contributed by atoms with van der Waals surface area (Å²) in [6.07, 6.45) is 3.14. The molecule has 3 aromatic rings. The van der Waals surface area contributed by atoms with Crippen LogP contribution in [0.15, 0.2) is 35.0 Å². The van der Waals surface area contributed by atoms with E-state index in [0.717, 1.165) is 24.8 Å². The van der Waals surface area contributed by atoms with Crippen LogP contribution in [0.2, 0.25) is 0 Å². The summed E-state index contributed by atoms with van der Waals surface area (Å²) >= 11 is 0. The fourth-order valence-corrected chi connectivity index (χ4v) is 2.63. The molecule has 21 heavy (non-hydrogen) atoms. The van der Waals surface area contributed by atoms with Gasteiger partial charge >= 0.3 is 5.97 Å². The van der Waals surface area contributed by atoms with Gasteiger partial charge in [-0.15, -0.1) is 0 Å². The minimum atomic E-state index is -0.326. The highest BCUT2D eigenvalue weighted by atomic mass is 16.5. The number of nitrogens with zero attached hydrogens (tertiary/aromatic N) is 2. The van der Waals surface area contributed by atoms with Crippen LogP contribution in [0.3, 0.4) is 0 Å². The molecule has 0 spiro atoms. The molecule has 2 aromatic heterocycles. The molecule has 0 radical (unpaired) electrons. The summed E-state index contributed by atoms with van der Waals surface area (Å²) in [4.78, 5) is 20.3. The first-order valence-corrected chi connectivity index (χ1v) is 6.90. The number of carbonyl (C=O) groups is 1. The van der Waals surface area contributed by atoms with Crippen molar-refractivity contribution in [1.82, 2.24) is 15.3 Å². The Labute approximate surface area is 120 Å². The summed E-state index contributed by atoms with van der Waals surface area (Å²) in [5.74, 6) is -0.150. The maximum absolute atomic E-state index is 12.1. The van der Waals surface area contributed by atoms with Crippen molar-refractivity contribution in [2.24, 2.45) is 0 Å². The van der Waals surface area contributed by atoms with Gasteiger partial charge in [-0.1, -0.05) is 12.1 Å². The van der Waals surface area contributed by atoms with Crippen LogP contribution >= 0.6 is 0 Å². The van der Waals surface area contributed by atoms with Crippen LogP contribution in [0.4, 0.5) is 0 Å². The van der Waals surface area contributed by atoms with Crippen molar-refractivity contribution in [1.29, 1.82) is 0 Å². The Morgan fingerprint density at radius 2 is 2.24 bits per heavy atom. The van der Waals surface area contributed by atoms with Gasteiger partial charge in [0.05, 0.1) is 0 Å². The van der Waals surface area contributed by atoms with E-state index >= 15 is 0 Å². The Morgan fingerprint density at radius 3 is 3.10 bits per heavy atom. The molecule has 0 unspecified atom stereocenters. The van der Waals surface area contributed by atoms with Crippen molar-refractivity contribution in [3.8, 4) is 5.88 Å². The van der Waals surface area contributed by atoms with E-state index in [2.05, 4.69) is 15.3 Å². The van der Waals surface area contributed by atoms with E-state index in [1.807, 2.05) is 24.3 Å². The van der Waals surface area contributed by atoms with Crippen LogP contribution in [0, 0.1) is 0 Å². The number of ether oxygens (including phenoxy) is 1. The lowest BCUT2D eigenvalue weighted by atomic mass is 10.2. The second-order valence-electron chi connectivity index (χ2n) is 5.02. The van der Waals surface area contributed by atoms with Gasteiger partial charge in [-0.05, 0) is 31.5 Å². The molecule has 6 nitrogen and oxygen atoms in total. The number of esters is 1. The topological polar surface area (TPSA) is 77.2 Å². The van der Waals surface area contributed by atoms with E-state index in [-0.39, 0.29) is 17.9 Å². The van der Waals surface area contributed by atoms with Gasteiger partial charge in [0.1, 0.15) is 23.5 Å². The van der Waals surface area contributed by atoms with Gasteiger partial charge in [-0.3, -0.25) is 0 Å². The summed E-state index contributed by atoms with van der Waals surface area (Å²) in [7, 11) is 0. The fraction of sp³-hybridized carbons (Fsp3) is 0.267. The molecule has 1 aliphatic heterocycles. The number of carbonyl (C=O) groups excluding carboxylic acids is 1. The number of hydrogen-bond donors (Lipinski definition) is 1. The largest absolute Gasteiger partial charge is 0.449 e. The number of hydrogen-bond acceptors (Lipinski definition) is 6. The normalized spacial score (nSPS) is 18.4. The minimum Gasteiger partial charge on any atom is -0.449 e. The summed E-state index contributed by atoms with van der Waals surface area (Å²) in [6.45, 7) is 0.837. The number of para-hydroxylation sites is 1. The monoisotopic (exact) mass is 283 g/mol. The van der Waals surface area contributed by atoms with Crippen LogP contribution in [0.1, 0.15) is 12.8 Å². The van der Waals surface area contributed by atoms with Crippen LogP contribution in [0.5, 0.6) is 5.88 Å². The summed E-state index contributed by atoms with van der Waals surface area (Å²) in [5.41, 5.74) is 1.76. The van der Waals surface area contributed by atoms with Crippen molar-refractivity contribution < 1.29 is 13.9 Å². The lowest BCUT2D eigenvalue weighted by Gasteiger charge is -2.08. The maximum Gasteiger partial charge on any atom is 0.329 e. The van der Waals surface area contributed by atoms with Gasteiger partial charge in [0.15, 0.2) is 0 Å². The molecule has 0 saturated carbocycles. The van der Waals surface area contributed by atoms with Crippen LogP contribution < -0.4 is 10.1 Å². The molecule has 1 aromatic carbocycles. The maximum atomic E-state index is 12.1. The van der Waals surface area contributed by atoms with E-state index in [0.29, 0.717) is 16.7 Å². The van der Waals surface area contributed by atoms with E-state index in [1.54, 1.807) is 0 Å². The van der Waals surface area contributed by atoms with E-state index in [4.69, 9.17) is 9.15 Å². The number of fused-ring (bicyclic) bond motifs is 3. The third-order valence-corrected chi connectivity index (χ3v) is 3.67. The van der Waals surface area contributed by atoms with Crippen LogP contribution in [-0.2, 0) is 4.79 Å². The highest BCUT2D eigenvalue weighted by molar-refractivity contribution is 6.04. The molecule has 1 N–H and O–H groups in total. The standard InChI is InChI=1S/C15H13N3O3/c19-15(10-5-3-7-16-10)21-14-13-12(17-8-18-14)9-4-1-2-6-11(9)20-13/h1-2,4,6,8,10,16H,3,5,7H2/t10-/m0/s1. The average molecular weight is 283 g/mol. The minimum absolute atomic E-state index is 0.176. The Hall–Kier alpha value is -2.47. The quantitative estimate of drug-likeness (QED) is 0.725. The molecule has 1 fully saturated rings. The van der Waals surface area contributed by atoms with Gasteiger partial charge in [0.2, 0.25) is 5.58 Å². The van der Waals surface area contributed by atoms with Gasteiger partial charge in [-0.25, -0.2) is 9.78 Å². The first-order chi connectivity index (χ1) is 10.3. The zero-order valence-corrected chi connectivity index (χ0v) is 11.2. The van der Waals surface area contributed by atoms with Crippen molar-refractivity contribution >= 4 is 28.0 Å². The predicted molar refractivity (Wildman–Crippen MR) is 76.0 cm³/mol. The molecule has 1 atom stereocenters. The molecule has 6 heteroatoms. The summed E-state index contributed by atoms with van der Waals surface area (Å²) in [6, 6.07) is 7.29. The Balaban J connectivity index is 1.76. The Bertz CT molecular complexity index is 821. The Kier molecular flexibility index (Phi) is 2.82. The molecule has 4 rings (SSSR count). The average Bonchev–Trinajstić information content (AvgIpc) is 3.15.